The Morgan fingerprint density at radius 1 is 1.31 bits per heavy atom. The summed E-state index contributed by atoms with van der Waals surface area (Å²) >= 11 is 0. The zero-order valence-corrected chi connectivity index (χ0v) is 9.01. The lowest BCUT2D eigenvalue weighted by Gasteiger charge is -2.30. The minimum Gasteiger partial charge on any atom is -0.381 e. The topological polar surface area (TPSA) is 9.23 Å². The Hall–Kier alpha value is -0.0400. The standard InChI is InChI=1S/C12H22O/c1-3-13-9-12(2)8-7-10-5-4-6-11(10)12/h10-11H,3-9H2,1-2H3. The van der Waals surface area contributed by atoms with Crippen molar-refractivity contribution < 1.29 is 4.74 Å². The Morgan fingerprint density at radius 2 is 2.15 bits per heavy atom. The summed E-state index contributed by atoms with van der Waals surface area (Å²) in [5.74, 6) is 2.03. The van der Waals surface area contributed by atoms with Gasteiger partial charge in [0.05, 0.1) is 6.61 Å². The van der Waals surface area contributed by atoms with E-state index >= 15 is 0 Å². The molecule has 0 aromatic heterocycles. The van der Waals surface area contributed by atoms with Crippen molar-refractivity contribution in [2.75, 3.05) is 13.2 Å². The van der Waals surface area contributed by atoms with Gasteiger partial charge < -0.3 is 4.74 Å². The van der Waals surface area contributed by atoms with Crippen LogP contribution < -0.4 is 0 Å². The predicted molar refractivity (Wildman–Crippen MR) is 54.7 cm³/mol. The molecule has 2 saturated carbocycles. The summed E-state index contributed by atoms with van der Waals surface area (Å²) in [5, 5.41) is 0. The first-order valence-electron chi connectivity index (χ1n) is 5.84. The number of fused-ring (bicyclic) bond motifs is 1. The van der Waals surface area contributed by atoms with E-state index in [1.165, 1.54) is 32.1 Å². The maximum absolute atomic E-state index is 5.63. The highest BCUT2D eigenvalue weighted by Crippen LogP contribution is 2.54. The third-order valence-electron chi connectivity index (χ3n) is 4.28. The van der Waals surface area contributed by atoms with E-state index in [0.717, 1.165) is 25.0 Å². The molecule has 76 valence electrons. The van der Waals surface area contributed by atoms with Crippen LogP contribution in [0.3, 0.4) is 0 Å². The van der Waals surface area contributed by atoms with Crippen molar-refractivity contribution in [3.05, 3.63) is 0 Å². The SMILES string of the molecule is CCOCC1(C)CCC2CCCC21. The molecule has 0 N–H and O–H groups in total. The Bertz CT molecular complexity index is 178. The third-order valence-corrected chi connectivity index (χ3v) is 4.28. The second-order valence-corrected chi connectivity index (χ2v) is 5.13. The molecule has 2 aliphatic carbocycles. The highest BCUT2D eigenvalue weighted by atomic mass is 16.5. The van der Waals surface area contributed by atoms with Gasteiger partial charge in [0.25, 0.3) is 0 Å². The van der Waals surface area contributed by atoms with Crippen LogP contribution in [0.5, 0.6) is 0 Å². The van der Waals surface area contributed by atoms with Crippen LogP contribution in [-0.4, -0.2) is 13.2 Å². The molecule has 0 amide bonds. The molecule has 0 radical (unpaired) electrons. The molecule has 3 unspecified atom stereocenters. The van der Waals surface area contributed by atoms with E-state index < -0.39 is 0 Å². The Labute approximate surface area is 81.9 Å². The van der Waals surface area contributed by atoms with Gasteiger partial charge in [-0.15, -0.1) is 0 Å². The summed E-state index contributed by atoms with van der Waals surface area (Å²) in [6, 6.07) is 0. The molecule has 0 heterocycles. The fourth-order valence-electron chi connectivity index (χ4n) is 3.51. The zero-order valence-electron chi connectivity index (χ0n) is 9.01. The van der Waals surface area contributed by atoms with Crippen LogP contribution in [-0.2, 0) is 4.74 Å². The van der Waals surface area contributed by atoms with E-state index in [1.807, 2.05) is 0 Å². The van der Waals surface area contributed by atoms with Crippen LogP contribution in [0.4, 0.5) is 0 Å². The van der Waals surface area contributed by atoms with Gasteiger partial charge in [0, 0.05) is 6.61 Å². The maximum Gasteiger partial charge on any atom is 0.0522 e. The van der Waals surface area contributed by atoms with Crippen molar-refractivity contribution in [1.29, 1.82) is 0 Å². The van der Waals surface area contributed by atoms with Crippen molar-refractivity contribution in [2.24, 2.45) is 17.3 Å². The lowest BCUT2D eigenvalue weighted by atomic mass is 9.78. The van der Waals surface area contributed by atoms with Gasteiger partial charge >= 0.3 is 0 Å². The summed E-state index contributed by atoms with van der Waals surface area (Å²) in [4.78, 5) is 0. The van der Waals surface area contributed by atoms with Crippen molar-refractivity contribution in [2.45, 2.75) is 46.0 Å². The summed E-state index contributed by atoms with van der Waals surface area (Å²) in [6.45, 7) is 6.43. The average molecular weight is 182 g/mol. The van der Waals surface area contributed by atoms with Gasteiger partial charge in [0.1, 0.15) is 0 Å². The van der Waals surface area contributed by atoms with Gasteiger partial charge in [-0.25, -0.2) is 0 Å². The first-order chi connectivity index (χ1) is 6.26. The molecular formula is C12H22O. The zero-order chi connectivity index (χ0) is 9.31. The fourth-order valence-corrected chi connectivity index (χ4v) is 3.51. The lowest BCUT2D eigenvalue weighted by molar-refractivity contribution is 0.0342. The number of ether oxygens (including phenoxy) is 1. The maximum atomic E-state index is 5.63. The molecular weight excluding hydrogens is 160 g/mol. The summed E-state index contributed by atoms with van der Waals surface area (Å²) < 4.78 is 5.63. The molecule has 2 aliphatic rings. The second-order valence-electron chi connectivity index (χ2n) is 5.13. The van der Waals surface area contributed by atoms with Gasteiger partial charge in [-0.3, -0.25) is 0 Å². The van der Waals surface area contributed by atoms with Crippen LogP contribution in [0, 0.1) is 17.3 Å². The Kier molecular flexibility index (Phi) is 2.64. The molecule has 1 nitrogen and oxygen atoms in total. The molecule has 1 heteroatoms. The van der Waals surface area contributed by atoms with E-state index in [0.29, 0.717) is 5.41 Å². The molecule has 0 bridgehead atoms. The fraction of sp³-hybridized carbons (Fsp3) is 1.00. The molecule has 0 saturated heterocycles. The van der Waals surface area contributed by atoms with E-state index in [2.05, 4.69) is 13.8 Å². The highest BCUT2D eigenvalue weighted by molar-refractivity contribution is 4.96. The number of hydrogen-bond acceptors (Lipinski definition) is 1. The largest absolute Gasteiger partial charge is 0.381 e. The normalized spacial score (nSPS) is 43.8. The lowest BCUT2D eigenvalue weighted by Crippen LogP contribution is -2.28. The van der Waals surface area contributed by atoms with E-state index in [-0.39, 0.29) is 0 Å². The minimum absolute atomic E-state index is 0.525. The summed E-state index contributed by atoms with van der Waals surface area (Å²) in [5.41, 5.74) is 0.525. The molecule has 0 aromatic carbocycles. The molecule has 3 atom stereocenters. The molecule has 2 rings (SSSR count). The van der Waals surface area contributed by atoms with Gasteiger partial charge in [0.2, 0.25) is 0 Å². The van der Waals surface area contributed by atoms with Gasteiger partial charge in [-0.1, -0.05) is 19.8 Å². The van der Waals surface area contributed by atoms with Gasteiger partial charge in [-0.2, -0.15) is 0 Å². The van der Waals surface area contributed by atoms with Crippen LogP contribution in [0.15, 0.2) is 0 Å². The Balaban J connectivity index is 1.97. The van der Waals surface area contributed by atoms with Crippen LogP contribution in [0.25, 0.3) is 0 Å². The predicted octanol–water partition coefficient (Wildman–Crippen LogP) is 3.24. The number of rotatable bonds is 3. The van der Waals surface area contributed by atoms with Crippen molar-refractivity contribution >= 4 is 0 Å². The van der Waals surface area contributed by atoms with Crippen LogP contribution in [0.1, 0.15) is 46.0 Å². The van der Waals surface area contributed by atoms with Gasteiger partial charge in [-0.05, 0) is 43.4 Å². The van der Waals surface area contributed by atoms with Crippen LogP contribution in [0.2, 0.25) is 0 Å². The van der Waals surface area contributed by atoms with Gasteiger partial charge in [0.15, 0.2) is 0 Å². The molecule has 13 heavy (non-hydrogen) atoms. The van der Waals surface area contributed by atoms with E-state index in [9.17, 15) is 0 Å². The summed E-state index contributed by atoms with van der Waals surface area (Å²) in [7, 11) is 0. The first kappa shape index (κ1) is 9.51. The van der Waals surface area contributed by atoms with Crippen molar-refractivity contribution in [3.63, 3.8) is 0 Å². The Morgan fingerprint density at radius 3 is 2.92 bits per heavy atom. The molecule has 0 spiro atoms. The molecule has 0 aromatic rings. The molecule has 0 aliphatic heterocycles. The van der Waals surface area contributed by atoms with E-state index in [1.54, 1.807) is 0 Å². The first-order valence-corrected chi connectivity index (χ1v) is 5.84. The summed E-state index contributed by atoms with van der Waals surface area (Å²) in [6.07, 6.45) is 7.30. The van der Waals surface area contributed by atoms with E-state index in [4.69, 9.17) is 4.74 Å². The third kappa shape index (κ3) is 1.63. The quantitative estimate of drug-likeness (QED) is 0.651. The smallest absolute Gasteiger partial charge is 0.0522 e. The van der Waals surface area contributed by atoms with Crippen molar-refractivity contribution in [1.82, 2.24) is 0 Å². The molecule has 2 fully saturated rings. The second kappa shape index (κ2) is 3.61. The van der Waals surface area contributed by atoms with Crippen LogP contribution >= 0.6 is 0 Å². The number of hydrogen-bond donors (Lipinski definition) is 0. The van der Waals surface area contributed by atoms with Crippen molar-refractivity contribution in [3.8, 4) is 0 Å². The average Bonchev–Trinajstić information content (AvgIpc) is 2.68. The monoisotopic (exact) mass is 182 g/mol. The highest BCUT2D eigenvalue weighted by Gasteiger charge is 2.46. The minimum atomic E-state index is 0.525.